The van der Waals surface area contributed by atoms with Crippen molar-refractivity contribution in [3.8, 4) is 0 Å². The molecule has 0 aliphatic carbocycles. The maximum atomic E-state index is 11.5. The van der Waals surface area contributed by atoms with Crippen molar-refractivity contribution in [1.82, 2.24) is 15.5 Å². The summed E-state index contributed by atoms with van der Waals surface area (Å²) in [6.45, 7) is 10.6. The Balaban J connectivity index is 0.00000450. The van der Waals surface area contributed by atoms with Crippen LogP contribution in [-0.4, -0.2) is 63.5 Å². The van der Waals surface area contributed by atoms with Crippen molar-refractivity contribution in [2.75, 3.05) is 38.2 Å². The Kier molecular flexibility index (Phi) is 11.6. The van der Waals surface area contributed by atoms with E-state index in [9.17, 15) is 8.42 Å². The summed E-state index contributed by atoms with van der Waals surface area (Å²) in [6, 6.07) is 11.1. The minimum Gasteiger partial charge on any atom is -0.357 e. The number of guanidine groups is 1. The van der Waals surface area contributed by atoms with Gasteiger partial charge >= 0.3 is 0 Å². The van der Waals surface area contributed by atoms with Gasteiger partial charge in [0.25, 0.3) is 0 Å². The molecular formula is C22H39IN4O2S. The van der Waals surface area contributed by atoms with Crippen LogP contribution in [0.2, 0.25) is 0 Å². The fourth-order valence-corrected chi connectivity index (χ4v) is 4.47. The van der Waals surface area contributed by atoms with E-state index in [0.717, 1.165) is 32.1 Å². The number of halogens is 1. The number of sulfone groups is 1. The number of hydrogen-bond donors (Lipinski definition) is 2. The highest BCUT2D eigenvalue weighted by atomic mass is 127. The van der Waals surface area contributed by atoms with Crippen LogP contribution >= 0.6 is 24.0 Å². The van der Waals surface area contributed by atoms with Gasteiger partial charge in [0.2, 0.25) is 0 Å². The fraction of sp³-hybridized carbons (Fsp3) is 0.682. The molecule has 30 heavy (non-hydrogen) atoms. The number of likely N-dealkylation sites (tertiary alicyclic amines) is 1. The van der Waals surface area contributed by atoms with Crippen molar-refractivity contribution >= 4 is 39.8 Å². The van der Waals surface area contributed by atoms with E-state index in [1.807, 2.05) is 0 Å². The Morgan fingerprint density at radius 2 is 1.93 bits per heavy atom. The zero-order chi connectivity index (χ0) is 21.3. The molecule has 1 saturated heterocycles. The molecule has 1 aliphatic heterocycles. The molecule has 0 bridgehead atoms. The maximum absolute atomic E-state index is 11.5. The molecule has 2 N–H and O–H groups in total. The zero-order valence-corrected chi connectivity index (χ0v) is 22.0. The normalized spacial score (nSPS) is 18.1. The monoisotopic (exact) mass is 550 g/mol. The molecule has 1 aromatic carbocycles. The molecule has 1 aromatic rings. The first kappa shape index (κ1) is 27.2. The van der Waals surface area contributed by atoms with Crippen molar-refractivity contribution in [3.63, 3.8) is 0 Å². The van der Waals surface area contributed by atoms with E-state index in [0.29, 0.717) is 19.0 Å². The van der Waals surface area contributed by atoms with E-state index < -0.39 is 9.84 Å². The average Bonchev–Trinajstić information content (AvgIpc) is 3.10. The molecule has 0 amide bonds. The largest absolute Gasteiger partial charge is 0.357 e. The van der Waals surface area contributed by atoms with Crippen LogP contribution in [0, 0.1) is 5.41 Å². The first-order valence-corrected chi connectivity index (χ1v) is 12.7. The lowest BCUT2D eigenvalue weighted by molar-refractivity contribution is 0.245. The Labute approximate surface area is 200 Å². The molecule has 8 heteroatoms. The van der Waals surface area contributed by atoms with Gasteiger partial charge in [-0.05, 0) is 43.7 Å². The maximum Gasteiger partial charge on any atom is 0.191 e. The molecule has 0 radical (unpaired) electrons. The fourth-order valence-electron chi connectivity index (χ4n) is 3.54. The van der Waals surface area contributed by atoms with Crippen molar-refractivity contribution in [2.24, 2.45) is 10.4 Å². The van der Waals surface area contributed by atoms with E-state index in [-0.39, 0.29) is 35.1 Å². The van der Waals surface area contributed by atoms with Crippen molar-refractivity contribution in [1.29, 1.82) is 0 Å². The van der Waals surface area contributed by atoms with Gasteiger partial charge in [-0.15, -0.1) is 24.0 Å². The van der Waals surface area contributed by atoms with Crippen LogP contribution in [0.1, 0.15) is 45.6 Å². The lowest BCUT2D eigenvalue weighted by atomic mass is 9.90. The van der Waals surface area contributed by atoms with Gasteiger partial charge in [-0.1, -0.05) is 44.2 Å². The smallest absolute Gasteiger partial charge is 0.191 e. The van der Waals surface area contributed by atoms with Gasteiger partial charge in [0.15, 0.2) is 5.96 Å². The Bertz CT molecular complexity index is 754. The van der Waals surface area contributed by atoms with E-state index in [2.05, 4.69) is 66.6 Å². The number of hydrogen-bond acceptors (Lipinski definition) is 4. The quantitative estimate of drug-likeness (QED) is 0.266. The molecule has 1 fully saturated rings. The number of benzene rings is 1. The third-order valence-electron chi connectivity index (χ3n) is 5.39. The zero-order valence-electron chi connectivity index (χ0n) is 18.9. The topological polar surface area (TPSA) is 73.8 Å². The summed E-state index contributed by atoms with van der Waals surface area (Å²) in [5, 5.41) is 6.82. The predicted octanol–water partition coefficient (Wildman–Crippen LogP) is 3.29. The summed E-state index contributed by atoms with van der Waals surface area (Å²) in [5.41, 5.74) is 1.20. The lowest BCUT2D eigenvalue weighted by Crippen LogP contribution is -2.45. The first-order chi connectivity index (χ1) is 13.7. The Morgan fingerprint density at radius 3 is 2.57 bits per heavy atom. The SMILES string of the molecule is CCNC(=NCC(C)(C)CCS(C)(=O)=O)NCC1CCCN1Cc1ccccc1.I. The van der Waals surface area contributed by atoms with Crippen molar-refractivity contribution < 1.29 is 8.42 Å². The molecule has 6 nitrogen and oxygen atoms in total. The highest BCUT2D eigenvalue weighted by molar-refractivity contribution is 14.0. The third kappa shape index (κ3) is 10.4. The molecule has 2 rings (SSSR count). The summed E-state index contributed by atoms with van der Waals surface area (Å²) in [5.74, 6) is 1.02. The predicted molar refractivity (Wildman–Crippen MR) is 137 cm³/mol. The molecular weight excluding hydrogens is 511 g/mol. The van der Waals surface area contributed by atoms with Crippen LogP contribution in [-0.2, 0) is 16.4 Å². The van der Waals surface area contributed by atoms with Crippen molar-refractivity contribution in [3.05, 3.63) is 35.9 Å². The number of rotatable bonds is 10. The minimum absolute atomic E-state index is 0. The summed E-state index contributed by atoms with van der Waals surface area (Å²) in [6.07, 6.45) is 4.33. The van der Waals surface area contributed by atoms with E-state index in [1.54, 1.807) is 0 Å². The van der Waals surface area contributed by atoms with Gasteiger partial charge in [-0.3, -0.25) is 9.89 Å². The first-order valence-electron chi connectivity index (χ1n) is 10.7. The van der Waals surface area contributed by atoms with E-state index in [4.69, 9.17) is 4.99 Å². The second kappa shape index (κ2) is 12.9. The molecule has 1 atom stereocenters. The molecule has 0 aromatic heterocycles. The highest BCUT2D eigenvalue weighted by Crippen LogP contribution is 2.22. The summed E-state index contributed by atoms with van der Waals surface area (Å²) in [7, 11) is -2.94. The van der Waals surface area contributed by atoms with Gasteiger partial charge < -0.3 is 10.6 Å². The summed E-state index contributed by atoms with van der Waals surface area (Å²) < 4.78 is 22.9. The molecule has 1 unspecified atom stereocenters. The second-order valence-corrected chi connectivity index (χ2v) is 11.1. The van der Waals surface area contributed by atoms with Crippen LogP contribution in [0.5, 0.6) is 0 Å². The third-order valence-corrected chi connectivity index (χ3v) is 6.34. The minimum atomic E-state index is -2.94. The van der Waals surface area contributed by atoms with E-state index in [1.165, 1.54) is 24.7 Å². The lowest BCUT2D eigenvalue weighted by Gasteiger charge is -2.26. The van der Waals surface area contributed by atoms with Crippen LogP contribution in [0.3, 0.4) is 0 Å². The number of nitrogens with zero attached hydrogens (tertiary/aromatic N) is 2. The number of aliphatic imine (C=N–C) groups is 1. The van der Waals surface area contributed by atoms with Gasteiger partial charge in [-0.25, -0.2) is 8.42 Å². The Hall–Kier alpha value is -0.870. The van der Waals surface area contributed by atoms with Crippen LogP contribution in [0.15, 0.2) is 35.3 Å². The average molecular weight is 551 g/mol. The van der Waals surface area contributed by atoms with Crippen LogP contribution in [0.4, 0.5) is 0 Å². The van der Waals surface area contributed by atoms with E-state index >= 15 is 0 Å². The van der Waals surface area contributed by atoms with Crippen LogP contribution < -0.4 is 10.6 Å². The highest BCUT2D eigenvalue weighted by Gasteiger charge is 2.25. The molecule has 172 valence electrons. The van der Waals surface area contributed by atoms with Gasteiger partial charge in [0.05, 0.1) is 5.75 Å². The summed E-state index contributed by atoms with van der Waals surface area (Å²) in [4.78, 5) is 7.28. The van der Waals surface area contributed by atoms with Gasteiger partial charge in [0.1, 0.15) is 9.84 Å². The van der Waals surface area contributed by atoms with Gasteiger partial charge in [0, 0.05) is 38.5 Å². The van der Waals surface area contributed by atoms with Crippen molar-refractivity contribution in [2.45, 2.75) is 52.6 Å². The Morgan fingerprint density at radius 1 is 1.23 bits per heavy atom. The van der Waals surface area contributed by atoms with Gasteiger partial charge in [-0.2, -0.15) is 0 Å². The van der Waals surface area contributed by atoms with Crippen LogP contribution in [0.25, 0.3) is 0 Å². The molecule has 0 saturated carbocycles. The molecule has 1 aliphatic rings. The summed E-state index contributed by atoms with van der Waals surface area (Å²) >= 11 is 0. The molecule has 0 spiro atoms. The second-order valence-electron chi connectivity index (χ2n) is 8.87. The number of nitrogens with one attached hydrogen (secondary N) is 2. The standard InChI is InChI=1S/C22H38N4O2S.HI/c1-5-23-21(25-18-22(2,3)13-15-29(4,27)28)24-16-20-12-9-14-26(20)17-19-10-7-6-8-11-19;/h6-8,10-11,20H,5,9,12-18H2,1-4H3,(H2,23,24,25);1H. The molecule has 1 heterocycles.